The molecule has 2 N–H and O–H groups in total. The van der Waals surface area contributed by atoms with Crippen molar-refractivity contribution >= 4 is 16.7 Å². The average molecular weight is 238 g/mol. The van der Waals surface area contributed by atoms with E-state index in [0.29, 0.717) is 16.9 Å². The smallest absolute Gasteiger partial charge is 0.132 e. The zero-order valence-corrected chi connectivity index (χ0v) is 9.60. The van der Waals surface area contributed by atoms with Crippen molar-refractivity contribution in [1.29, 1.82) is 0 Å². The first-order valence-corrected chi connectivity index (χ1v) is 5.66. The van der Waals surface area contributed by atoms with Crippen LogP contribution in [0.4, 0.5) is 10.2 Å². The third-order valence-corrected chi connectivity index (χ3v) is 2.92. The Morgan fingerprint density at radius 3 is 2.44 bits per heavy atom. The summed E-state index contributed by atoms with van der Waals surface area (Å²) in [4.78, 5) is 4.30. The lowest BCUT2D eigenvalue weighted by Gasteiger charge is -2.08. The van der Waals surface area contributed by atoms with E-state index in [0.717, 1.165) is 10.9 Å². The van der Waals surface area contributed by atoms with Crippen molar-refractivity contribution in [3.63, 3.8) is 0 Å². The molecule has 88 valence electrons. The second-order valence-electron chi connectivity index (χ2n) is 4.09. The highest BCUT2D eigenvalue weighted by atomic mass is 19.1. The molecule has 1 heterocycles. The Bertz CT molecular complexity index is 723. The number of para-hydroxylation sites is 1. The van der Waals surface area contributed by atoms with Gasteiger partial charge in [-0.25, -0.2) is 9.37 Å². The monoisotopic (exact) mass is 238 g/mol. The molecule has 3 rings (SSSR count). The number of rotatable bonds is 1. The van der Waals surface area contributed by atoms with Crippen LogP contribution >= 0.6 is 0 Å². The fourth-order valence-electron chi connectivity index (χ4n) is 2.03. The molecule has 0 saturated heterocycles. The molecular formula is C15H11FN2. The van der Waals surface area contributed by atoms with Gasteiger partial charge in [-0.05, 0) is 18.2 Å². The lowest BCUT2D eigenvalue weighted by Crippen LogP contribution is -1.96. The van der Waals surface area contributed by atoms with Crippen LogP contribution in [0, 0.1) is 5.82 Å². The van der Waals surface area contributed by atoms with Crippen molar-refractivity contribution in [2.45, 2.75) is 0 Å². The predicted molar refractivity (Wildman–Crippen MR) is 71.5 cm³/mol. The highest BCUT2D eigenvalue weighted by Crippen LogP contribution is 2.29. The summed E-state index contributed by atoms with van der Waals surface area (Å²) in [5.41, 5.74) is 7.84. The molecule has 0 amide bonds. The van der Waals surface area contributed by atoms with Gasteiger partial charge in [0.15, 0.2) is 0 Å². The number of hydrogen-bond acceptors (Lipinski definition) is 2. The second kappa shape index (κ2) is 4.11. The van der Waals surface area contributed by atoms with Crippen molar-refractivity contribution in [1.82, 2.24) is 4.98 Å². The summed E-state index contributed by atoms with van der Waals surface area (Å²) in [7, 11) is 0. The predicted octanol–water partition coefficient (Wildman–Crippen LogP) is 3.62. The van der Waals surface area contributed by atoms with Crippen LogP contribution in [0.3, 0.4) is 0 Å². The van der Waals surface area contributed by atoms with Crippen LogP contribution in [0.15, 0.2) is 54.6 Å². The number of pyridine rings is 1. The Kier molecular flexibility index (Phi) is 2.45. The molecule has 0 spiro atoms. The van der Waals surface area contributed by atoms with Gasteiger partial charge < -0.3 is 5.73 Å². The number of fused-ring (bicyclic) bond motifs is 1. The van der Waals surface area contributed by atoms with Crippen LogP contribution in [-0.2, 0) is 0 Å². The molecule has 1 aromatic heterocycles. The van der Waals surface area contributed by atoms with Gasteiger partial charge in [0, 0.05) is 16.5 Å². The Labute approximate surface area is 104 Å². The first-order chi connectivity index (χ1) is 8.75. The largest absolute Gasteiger partial charge is 0.383 e. The molecule has 3 heteroatoms. The van der Waals surface area contributed by atoms with Crippen molar-refractivity contribution in [3.05, 3.63) is 60.4 Å². The molecule has 18 heavy (non-hydrogen) atoms. The van der Waals surface area contributed by atoms with Crippen molar-refractivity contribution in [2.24, 2.45) is 0 Å². The van der Waals surface area contributed by atoms with Crippen LogP contribution < -0.4 is 5.73 Å². The maximum Gasteiger partial charge on any atom is 0.132 e. The third-order valence-electron chi connectivity index (χ3n) is 2.92. The van der Waals surface area contributed by atoms with Crippen molar-refractivity contribution in [3.8, 4) is 11.1 Å². The minimum absolute atomic E-state index is 0.290. The van der Waals surface area contributed by atoms with Gasteiger partial charge in [0.1, 0.15) is 11.6 Å². The Morgan fingerprint density at radius 2 is 1.61 bits per heavy atom. The number of halogens is 1. The van der Waals surface area contributed by atoms with Gasteiger partial charge in [0.2, 0.25) is 0 Å². The number of benzene rings is 2. The van der Waals surface area contributed by atoms with E-state index in [1.54, 1.807) is 18.2 Å². The number of nitrogens with two attached hydrogens (primary N) is 1. The van der Waals surface area contributed by atoms with Crippen molar-refractivity contribution in [2.75, 3.05) is 5.73 Å². The summed E-state index contributed by atoms with van der Waals surface area (Å²) in [6, 6.07) is 16.1. The Morgan fingerprint density at radius 1 is 0.889 bits per heavy atom. The molecule has 2 nitrogen and oxygen atoms in total. The molecule has 0 bridgehead atoms. The maximum absolute atomic E-state index is 13.8. The molecule has 0 fully saturated rings. The minimum Gasteiger partial charge on any atom is -0.383 e. The number of aromatic nitrogens is 1. The number of hydrogen-bond donors (Lipinski definition) is 1. The molecule has 0 atom stereocenters. The van der Waals surface area contributed by atoms with Gasteiger partial charge in [-0.15, -0.1) is 0 Å². The van der Waals surface area contributed by atoms with Crippen molar-refractivity contribution < 1.29 is 4.39 Å². The van der Waals surface area contributed by atoms with Gasteiger partial charge >= 0.3 is 0 Å². The third kappa shape index (κ3) is 1.70. The first kappa shape index (κ1) is 10.7. The summed E-state index contributed by atoms with van der Waals surface area (Å²) >= 11 is 0. The zero-order chi connectivity index (χ0) is 12.5. The average Bonchev–Trinajstić information content (AvgIpc) is 2.39. The molecule has 0 saturated carbocycles. The van der Waals surface area contributed by atoms with Crippen LogP contribution in [-0.4, -0.2) is 4.98 Å². The Hall–Kier alpha value is -2.42. The molecule has 0 aliphatic carbocycles. The van der Waals surface area contributed by atoms with E-state index in [2.05, 4.69) is 4.98 Å². The molecule has 0 unspecified atom stereocenters. The molecule has 0 aliphatic heterocycles. The maximum atomic E-state index is 13.8. The van der Waals surface area contributed by atoms with Crippen LogP contribution in [0.5, 0.6) is 0 Å². The highest BCUT2D eigenvalue weighted by molar-refractivity contribution is 5.88. The van der Waals surface area contributed by atoms with E-state index < -0.39 is 0 Å². The summed E-state index contributed by atoms with van der Waals surface area (Å²) in [6.07, 6.45) is 0. The van der Waals surface area contributed by atoms with E-state index in [-0.39, 0.29) is 5.82 Å². The van der Waals surface area contributed by atoms with E-state index in [9.17, 15) is 4.39 Å². The van der Waals surface area contributed by atoms with Gasteiger partial charge in [0.05, 0.1) is 5.52 Å². The summed E-state index contributed by atoms with van der Waals surface area (Å²) in [6.45, 7) is 0. The van der Waals surface area contributed by atoms with E-state index in [1.807, 2.05) is 30.3 Å². The minimum atomic E-state index is -0.290. The van der Waals surface area contributed by atoms with Crippen LogP contribution in [0.2, 0.25) is 0 Å². The normalized spacial score (nSPS) is 10.7. The lowest BCUT2D eigenvalue weighted by atomic mass is 10.0. The fraction of sp³-hybridized carbons (Fsp3) is 0. The van der Waals surface area contributed by atoms with Gasteiger partial charge in [-0.3, -0.25) is 0 Å². The van der Waals surface area contributed by atoms with Crippen LogP contribution in [0.25, 0.3) is 22.0 Å². The number of nitrogens with zero attached hydrogens (tertiary/aromatic N) is 1. The highest BCUT2D eigenvalue weighted by Gasteiger charge is 2.09. The SMILES string of the molecule is Nc1nc2ccccc2cc1-c1ccccc1F. The summed E-state index contributed by atoms with van der Waals surface area (Å²) < 4.78 is 13.8. The van der Waals surface area contributed by atoms with Gasteiger partial charge in [-0.2, -0.15) is 0 Å². The molecule has 2 aromatic carbocycles. The summed E-state index contributed by atoms with van der Waals surface area (Å²) in [5.74, 6) is 0.0556. The molecular weight excluding hydrogens is 227 g/mol. The van der Waals surface area contributed by atoms with Gasteiger partial charge in [0.25, 0.3) is 0 Å². The molecule has 3 aromatic rings. The van der Waals surface area contributed by atoms with Gasteiger partial charge in [-0.1, -0.05) is 36.4 Å². The van der Waals surface area contributed by atoms with Crippen LogP contribution in [0.1, 0.15) is 0 Å². The zero-order valence-electron chi connectivity index (χ0n) is 9.60. The topological polar surface area (TPSA) is 38.9 Å². The fourth-order valence-corrected chi connectivity index (χ4v) is 2.03. The quantitative estimate of drug-likeness (QED) is 0.703. The van der Waals surface area contributed by atoms with E-state index >= 15 is 0 Å². The number of anilines is 1. The summed E-state index contributed by atoms with van der Waals surface area (Å²) in [5, 5.41) is 0.949. The second-order valence-corrected chi connectivity index (χ2v) is 4.09. The first-order valence-electron chi connectivity index (χ1n) is 5.66. The standard InChI is InChI=1S/C15H11FN2/c16-13-7-3-2-6-11(13)12-9-10-5-1-4-8-14(10)18-15(12)17/h1-9H,(H2,17,18). The lowest BCUT2D eigenvalue weighted by molar-refractivity contribution is 0.631. The van der Waals surface area contributed by atoms with E-state index in [4.69, 9.17) is 5.73 Å². The molecule has 0 radical (unpaired) electrons. The Balaban J connectivity index is 2.30. The molecule has 0 aliphatic rings. The number of nitrogen functional groups attached to an aromatic ring is 1. The van der Waals surface area contributed by atoms with E-state index in [1.165, 1.54) is 6.07 Å².